The van der Waals surface area contributed by atoms with E-state index in [-0.39, 0.29) is 25.0 Å². The molecule has 0 radical (unpaired) electrons. The highest BCUT2D eigenvalue weighted by atomic mass is 16.6. The van der Waals surface area contributed by atoms with Crippen LogP contribution in [0.1, 0.15) is 43.7 Å². The van der Waals surface area contributed by atoms with E-state index in [0.29, 0.717) is 6.42 Å². The van der Waals surface area contributed by atoms with Crippen molar-refractivity contribution >= 4 is 12.1 Å². The summed E-state index contributed by atoms with van der Waals surface area (Å²) in [6.45, 7) is 3.89. The number of carbonyl (C=O) groups is 2. The number of carbonyl (C=O) groups excluding carboxylic acids is 1. The number of benzene rings is 2. The highest BCUT2D eigenvalue weighted by Gasteiger charge is 2.39. The Morgan fingerprint density at radius 3 is 2.28 bits per heavy atom. The molecule has 1 aliphatic heterocycles. The summed E-state index contributed by atoms with van der Waals surface area (Å²) in [5.74, 6) is -1.02. The first kappa shape index (κ1) is 19.5. The average molecular weight is 395 g/mol. The standard InChI is InChI=1S/C23H25NO5/c1-23(2)12-14(11-20(29-23)21(25)26)24-22(27)28-13-19-17-9-5-3-7-15(17)16-8-4-6-10-18(16)19/h3-10,14,19-20H,11-13H2,1-2H3,(H,24,27)(H,25,26)/t14-,20+/m1/s1. The number of hydrogen-bond acceptors (Lipinski definition) is 4. The predicted molar refractivity (Wildman–Crippen MR) is 108 cm³/mol. The van der Waals surface area contributed by atoms with Gasteiger partial charge in [0, 0.05) is 18.4 Å². The Labute approximate surface area is 169 Å². The molecule has 1 fully saturated rings. The van der Waals surface area contributed by atoms with Gasteiger partial charge in [0.25, 0.3) is 0 Å². The van der Waals surface area contributed by atoms with Crippen molar-refractivity contribution in [3.8, 4) is 11.1 Å². The SMILES string of the molecule is CC1(C)C[C@H](NC(=O)OCC2c3ccccc3-c3ccccc32)C[C@@H](C(=O)O)O1. The van der Waals surface area contributed by atoms with Crippen LogP contribution in [0, 0.1) is 0 Å². The van der Waals surface area contributed by atoms with E-state index >= 15 is 0 Å². The maximum absolute atomic E-state index is 12.5. The largest absolute Gasteiger partial charge is 0.479 e. The zero-order chi connectivity index (χ0) is 20.6. The topological polar surface area (TPSA) is 84.9 Å². The summed E-state index contributed by atoms with van der Waals surface area (Å²) < 4.78 is 11.1. The minimum absolute atomic E-state index is 0.00829. The van der Waals surface area contributed by atoms with Crippen molar-refractivity contribution in [2.75, 3.05) is 6.61 Å². The van der Waals surface area contributed by atoms with Crippen LogP contribution in [0.4, 0.5) is 4.79 Å². The summed E-state index contributed by atoms with van der Waals surface area (Å²) in [6.07, 6.45) is -0.708. The molecule has 4 rings (SSSR count). The molecule has 0 saturated carbocycles. The fourth-order valence-electron chi connectivity index (χ4n) is 4.48. The molecule has 6 nitrogen and oxygen atoms in total. The molecular formula is C23H25NO5. The zero-order valence-electron chi connectivity index (χ0n) is 16.6. The number of aliphatic carboxylic acids is 1. The molecule has 0 spiro atoms. The summed E-state index contributed by atoms with van der Waals surface area (Å²) in [5.41, 5.74) is 4.03. The molecule has 2 atom stereocenters. The fourth-order valence-corrected chi connectivity index (χ4v) is 4.48. The number of hydrogen-bond donors (Lipinski definition) is 2. The van der Waals surface area contributed by atoms with Crippen LogP contribution in [-0.4, -0.2) is 41.5 Å². The summed E-state index contributed by atoms with van der Waals surface area (Å²) in [6, 6.07) is 16.0. The second-order valence-electron chi connectivity index (χ2n) is 8.31. The first-order valence-corrected chi connectivity index (χ1v) is 9.86. The van der Waals surface area contributed by atoms with Gasteiger partial charge in [-0.1, -0.05) is 48.5 Å². The van der Waals surface area contributed by atoms with E-state index in [0.717, 1.165) is 11.1 Å². The molecule has 152 valence electrons. The van der Waals surface area contributed by atoms with Gasteiger partial charge >= 0.3 is 12.1 Å². The Balaban J connectivity index is 1.42. The maximum Gasteiger partial charge on any atom is 0.407 e. The van der Waals surface area contributed by atoms with Crippen molar-refractivity contribution in [3.63, 3.8) is 0 Å². The van der Waals surface area contributed by atoms with Gasteiger partial charge in [-0.15, -0.1) is 0 Å². The van der Waals surface area contributed by atoms with Crippen LogP contribution in [0.25, 0.3) is 11.1 Å². The first-order chi connectivity index (χ1) is 13.8. The quantitative estimate of drug-likeness (QED) is 0.819. The molecule has 1 saturated heterocycles. The molecule has 0 bridgehead atoms. The fraction of sp³-hybridized carbons (Fsp3) is 0.391. The minimum Gasteiger partial charge on any atom is -0.479 e. The molecule has 1 aliphatic carbocycles. The number of nitrogens with one attached hydrogen (secondary N) is 1. The number of carboxylic acid groups (broad SMARTS) is 1. The van der Waals surface area contributed by atoms with Crippen molar-refractivity contribution in [1.29, 1.82) is 0 Å². The summed E-state index contributed by atoms with van der Waals surface area (Å²) in [7, 11) is 0. The summed E-state index contributed by atoms with van der Waals surface area (Å²) in [4.78, 5) is 23.8. The van der Waals surface area contributed by atoms with Crippen molar-refractivity contribution in [3.05, 3.63) is 59.7 Å². The average Bonchev–Trinajstić information content (AvgIpc) is 2.99. The van der Waals surface area contributed by atoms with Gasteiger partial charge in [0.2, 0.25) is 0 Å². The molecule has 0 aromatic heterocycles. The highest BCUT2D eigenvalue weighted by Crippen LogP contribution is 2.44. The van der Waals surface area contributed by atoms with Crippen LogP contribution in [0.5, 0.6) is 0 Å². The van der Waals surface area contributed by atoms with E-state index in [1.54, 1.807) is 0 Å². The molecule has 2 aromatic rings. The number of ether oxygens (including phenoxy) is 2. The van der Waals surface area contributed by atoms with Gasteiger partial charge in [0.05, 0.1) is 5.60 Å². The Bertz CT molecular complexity index is 893. The van der Waals surface area contributed by atoms with Crippen LogP contribution in [0.15, 0.2) is 48.5 Å². The lowest BCUT2D eigenvalue weighted by Gasteiger charge is -2.38. The van der Waals surface area contributed by atoms with Crippen molar-refractivity contribution in [2.24, 2.45) is 0 Å². The normalized spacial score (nSPS) is 22.4. The van der Waals surface area contributed by atoms with Crippen molar-refractivity contribution in [1.82, 2.24) is 5.32 Å². The second-order valence-corrected chi connectivity index (χ2v) is 8.31. The van der Waals surface area contributed by atoms with Gasteiger partial charge in [0.1, 0.15) is 6.61 Å². The molecular weight excluding hydrogens is 370 g/mol. The van der Waals surface area contributed by atoms with Gasteiger partial charge in [0.15, 0.2) is 6.10 Å². The predicted octanol–water partition coefficient (Wildman–Crippen LogP) is 3.94. The Kier molecular flexibility index (Phi) is 5.04. The third kappa shape index (κ3) is 3.98. The van der Waals surface area contributed by atoms with Crippen molar-refractivity contribution < 1.29 is 24.2 Å². The number of rotatable bonds is 4. The number of fused-ring (bicyclic) bond motifs is 3. The Morgan fingerprint density at radius 2 is 1.69 bits per heavy atom. The van der Waals surface area contributed by atoms with E-state index in [1.807, 2.05) is 38.1 Å². The summed E-state index contributed by atoms with van der Waals surface area (Å²) >= 11 is 0. The van der Waals surface area contributed by atoms with Crippen molar-refractivity contribution in [2.45, 2.75) is 50.4 Å². The molecule has 1 amide bonds. The van der Waals surface area contributed by atoms with Crippen LogP contribution < -0.4 is 5.32 Å². The lowest BCUT2D eigenvalue weighted by Crippen LogP contribution is -2.51. The number of carboxylic acids is 1. The van der Waals surface area contributed by atoms with E-state index in [9.17, 15) is 14.7 Å². The molecule has 2 N–H and O–H groups in total. The maximum atomic E-state index is 12.5. The van der Waals surface area contributed by atoms with Gasteiger partial charge < -0.3 is 19.9 Å². The van der Waals surface area contributed by atoms with Gasteiger partial charge in [-0.25, -0.2) is 9.59 Å². The second kappa shape index (κ2) is 7.52. The van der Waals surface area contributed by atoms with E-state index < -0.39 is 23.8 Å². The third-order valence-corrected chi connectivity index (χ3v) is 5.64. The Morgan fingerprint density at radius 1 is 1.10 bits per heavy atom. The van der Waals surface area contributed by atoms with E-state index in [2.05, 4.69) is 29.6 Å². The minimum atomic E-state index is -1.02. The zero-order valence-corrected chi connectivity index (χ0v) is 16.6. The molecule has 2 aliphatic rings. The number of alkyl carbamates (subject to hydrolysis) is 1. The lowest BCUT2D eigenvalue weighted by molar-refractivity contribution is -0.172. The summed E-state index contributed by atoms with van der Waals surface area (Å²) in [5, 5.41) is 12.1. The van der Waals surface area contributed by atoms with Crippen LogP contribution in [-0.2, 0) is 14.3 Å². The van der Waals surface area contributed by atoms with Crippen LogP contribution in [0.2, 0.25) is 0 Å². The highest BCUT2D eigenvalue weighted by molar-refractivity contribution is 5.79. The smallest absolute Gasteiger partial charge is 0.407 e. The van der Waals surface area contributed by atoms with Gasteiger partial charge in [-0.3, -0.25) is 0 Å². The molecule has 0 unspecified atom stereocenters. The Hall–Kier alpha value is -2.86. The molecule has 6 heteroatoms. The third-order valence-electron chi connectivity index (χ3n) is 5.64. The van der Waals surface area contributed by atoms with Gasteiger partial charge in [-0.05, 0) is 42.5 Å². The van der Waals surface area contributed by atoms with E-state index in [4.69, 9.17) is 9.47 Å². The van der Waals surface area contributed by atoms with Crippen LogP contribution >= 0.6 is 0 Å². The lowest BCUT2D eigenvalue weighted by atomic mass is 9.91. The molecule has 2 aromatic carbocycles. The molecule has 1 heterocycles. The molecule has 29 heavy (non-hydrogen) atoms. The van der Waals surface area contributed by atoms with Gasteiger partial charge in [-0.2, -0.15) is 0 Å². The van der Waals surface area contributed by atoms with E-state index in [1.165, 1.54) is 11.1 Å². The van der Waals surface area contributed by atoms with Crippen LogP contribution in [0.3, 0.4) is 0 Å². The monoisotopic (exact) mass is 395 g/mol. The first-order valence-electron chi connectivity index (χ1n) is 9.86. The number of amides is 1.